The third-order valence-electron chi connectivity index (χ3n) is 2.05. The molecule has 0 unspecified atom stereocenters. The quantitative estimate of drug-likeness (QED) is 0.569. The zero-order valence-electron chi connectivity index (χ0n) is 7.27. The molecule has 0 aromatic heterocycles. The summed E-state index contributed by atoms with van der Waals surface area (Å²) in [6, 6.07) is 0. The molecule has 0 bridgehead atoms. The van der Waals surface area contributed by atoms with Gasteiger partial charge in [-0.3, -0.25) is 0 Å². The van der Waals surface area contributed by atoms with Crippen molar-refractivity contribution in [2.45, 2.75) is 6.92 Å². The average molecular weight is 198 g/mol. The van der Waals surface area contributed by atoms with E-state index in [4.69, 9.17) is 0 Å². The second kappa shape index (κ2) is 2.70. The van der Waals surface area contributed by atoms with E-state index in [1.807, 2.05) is 30.2 Å². The van der Waals surface area contributed by atoms with Gasteiger partial charge in [-0.1, -0.05) is 6.08 Å². The van der Waals surface area contributed by atoms with Crippen molar-refractivity contribution >= 4 is 15.9 Å². The first-order valence-electron chi connectivity index (χ1n) is 4.03. The van der Waals surface area contributed by atoms with E-state index in [2.05, 4.69) is 4.40 Å². The molecule has 70 valence electrons. The Morgan fingerprint density at radius 1 is 1.54 bits per heavy atom. The van der Waals surface area contributed by atoms with Gasteiger partial charge in [0.2, 0.25) is 0 Å². The number of sulfonamides is 1. The summed E-state index contributed by atoms with van der Waals surface area (Å²) in [5, 5.41) is 0. The fraction of sp³-hybridized carbons (Fsp3) is 0.375. The minimum absolute atomic E-state index is 0.105. The molecule has 0 radical (unpaired) electrons. The first-order chi connectivity index (χ1) is 6.08. The highest BCUT2D eigenvalue weighted by Crippen LogP contribution is 2.16. The highest BCUT2D eigenvalue weighted by molar-refractivity contribution is 7.90. The number of nitrogens with zero attached hydrogens (tertiary/aromatic N) is 2. The van der Waals surface area contributed by atoms with Gasteiger partial charge in [-0.25, -0.2) is 8.42 Å². The minimum atomic E-state index is -3.21. The number of hydrogen-bond donors (Lipinski definition) is 0. The van der Waals surface area contributed by atoms with Crippen LogP contribution in [-0.4, -0.2) is 31.5 Å². The minimum Gasteiger partial charge on any atom is -0.331 e. The van der Waals surface area contributed by atoms with Crippen LogP contribution in [0.1, 0.15) is 6.92 Å². The number of rotatable bonds is 0. The maximum Gasteiger partial charge on any atom is 0.256 e. The molecule has 5 heteroatoms. The van der Waals surface area contributed by atoms with E-state index in [0.29, 0.717) is 12.4 Å². The van der Waals surface area contributed by atoms with Crippen LogP contribution >= 0.6 is 0 Å². The molecule has 0 aromatic carbocycles. The lowest BCUT2D eigenvalue weighted by atomic mass is 10.2. The van der Waals surface area contributed by atoms with E-state index in [1.165, 1.54) is 0 Å². The molecule has 0 atom stereocenters. The van der Waals surface area contributed by atoms with Crippen LogP contribution in [0.25, 0.3) is 0 Å². The van der Waals surface area contributed by atoms with Crippen LogP contribution in [-0.2, 0) is 10.0 Å². The van der Waals surface area contributed by atoms with Crippen molar-refractivity contribution in [3.8, 4) is 0 Å². The van der Waals surface area contributed by atoms with Crippen molar-refractivity contribution in [2.24, 2.45) is 4.40 Å². The molecule has 0 aromatic rings. The molecule has 2 aliphatic heterocycles. The molecule has 2 rings (SSSR count). The number of hydrogen-bond acceptors (Lipinski definition) is 3. The van der Waals surface area contributed by atoms with Gasteiger partial charge in [0.1, 0.15) is 5.84 Å². The Labute approximate surface area is 77.3 Å². The Morgan fingerprint density at radius 3 is 3.08 bits per heavy atom. The molecule has 4 nitrogen and oxygen atoms in total. The van der Waals surface area contributed by atoms with Gasteiger partial charge in [0, 0.05) is 12.7 Å². The highest BCUT2D eigenvalue weighted by atomic mass is 32.2. The lowest BCUT2D eigenvalue weighted by Crippen LogP contribution is -2.37. The standard InChI is InChI=1S/C8H10N2O2S/c1-7-3-2-4-10-5-6-13(11,12)9-8(7)10/h2-4H,5-6H2,1H3. The molecule has 0 spiro atoms. The molecular weight excluding hydrogens is 188 g/mol. The summed E-state index contributed by atoms with van der Waals surface area (Å²) >= 11 is 0. The smallest absolute Gasteiger partial charge is 0.256 e. The predicted octanol–water partition coefficient (Wildman–Crippen LogP) is 0.504. The zero-order valence-corrected chi connectivity index (χ0v) is 8.08. The Balaban J connectivity index is 2.50. The Kier molecular flexibility index (Phi) is 1.76. The van der Waals surface area contributed by atoms with Crippen LogP contribution in [0.5, 0.6) is 0 Å². The normalized spacial score (nSPS) is 24.8. The molecule has 0 saturated carbocycles. The first-order valence-corrected chi connectivity index (χ1v) is 5.64. The molecule has 0 amide bonds. The van der Waals surface area contributed by atoms with E-state index >= 15 is 0 Å². The van der Waals surface area contributed by atoms with Crippen molar-refractivity contribution < 1.29 is 8.42 Å². The monoisotopic (exact) mass is 198 g/mol. The van der Waals surface area contributed by atoms with Crippen molar-refractivity contribution in [1.29, 1.82) is 0 Å². The fourth-order valence-corrected chi connectivity index (χ4v) is 2.39. The summed E-state index contributed by atoms with van der Waals surface area (Å²) < 4.78 is 26.1. The summed E-state index contributed by atoms with van der Waals surface area (Å²) in [5.41, 5.74) is 0.894. The van der Waals surface area contributed by atoms with E-state index < -0.39 is 10.0 Å². The Morgan fingerprint density at radius 2 is 2.31 bits per heavy atom. The molecule has 2 aliphatic rings. The Hall–Kier alpha value is -1.10. The van der Waals surface area contributed by atoms with Gasteiger partial charge in [0.25, 0.3) is 10.0 Å². The highest BCUT2D eigenvalue weighted by Gasteiger charge is 2.24. The summed E-state index contributed by atoms with van der Waals surface area (Å²) in [5.74, 6) is 0.669. The van der Waals surface area contributed by atoms with Crippen molar-refractivity contribution in [3.05, 3.63) is 23.9 Å². The van der Waals surface area contributed by atoms with Crippen LogP contribution in [0.2, 0.25) is 0 Å². The summed E-state index contributed by atoms with van der Waals surface area (Å²) in [4.78, 5) is 1.86. The van der Waals surface area contributed by atoms with Crippen molar-refractivity contribution in [3.63, 3.8) is 0 Å². The van der Waals surface area contributed by atoms with Crippen LogP contribution in [0.3, 0.4) is 0 Å². The molecule has 0 saturated heterocycles. The maximum atomic E-state index is 11.2. The van der Waals surface area contributed by atoms with Crippen molar-refractivity contribution in [1.82, 2.24) is 4.90 Å². The molecule has 0 N–H and O–H groups in total. The number of fused-ring (bicyclic) bond motifs is 1. The van der Waals surface area contributed by atoms with Crippen LogP contribution in [0, 0.1) is 0 Å². The van der Waals surface area contributed by atoms with Crippen LogP contribution < -0.4 is 0 Å². The van der Waals surface area contributed by atoms with Gasteiger partial charge in [-0.05, 0) is 18.6 Å². The van der Waals surface area contributed by atoms with Gasteiger partial charge in [-0.2, -0.15) is 0 Å². The molecule has 13 heavy (non-hydrogen) atoms. The summed E-state index contributed by atoms with van der Waals surface area (Å²) in [6.45, 7) is 2.36. The second-order valence-electron chi connectivity index (χ2n) is 3.09. The number of allylic oxidation sites excluding steroid dienone is 2. The van der Waals surface area contributed by atoms with E-state index in [1.54, 1.807) is 0 Å². The largest absolute Gasteiger partial charge is 0.331 e. The SMILES string of the molecule is CC1=CC=CN2CCS(=O)(=O)N=C12. The van der Waals surface area contributed by atoms with Gasteiger partial charge in [0.05, 0.1) is 5.75 Å². The van der Waals surface area contributed by atoms with Crippen LogP contribution in [0.15, 0.2) is 28.3 Å². The van der Waals surface area contributed by atoms with Crippen LogP contribution in [0.4, 0.5) is 0 Å². The average Bonchev–Trinajstić information content (AvgIpc) is 2.06. The number of amidine groups is 1. The van der Waals surface area contributed by atoms with E-state index in [-0.39, 0.29) is 5.75 Å². The van der Waals surface area contributed by atoms with Gasteiger partial charge < -0.3 is 4.90 Å². The third kappa shape index (κ3) is 1.51. The van der Waals surface area contributed by atoms with Gasteiger partial charge in [-0.15, -0.1) is 4.40 Å². The maximum absolute atomic E-state index is 11.2. The predicted molar refractivity (Wildman–Crippen MR) is 50.8 cm³/mol. The zero-order chi connectivity index (χ0) is 9.47. The van der Waals surface area contributed by atoms with E-state index in [9.17, 15) is 8.42 Å². The fourth-order valence-electron chi connectivity index (χ4n) is 1.36. The summed E-state index contributed by atoms with van der Waals surface area (Å²) in [7, 11) is -3.21. The Bertz CT molecular complexity index is 417. The first kappa shape index (κ1) is 8.50. The molecule has 0 fully saturated rings. The molecule has 0 aliphatic carbocycles. The summed E-state index contributed by atoms with van der Waals surface area (Å²) in [6.07, 6.45) is 5.60. The van der Waals surface area contributed by atoms with Gasteiger partial charge >= 0.3 is 0 Å². The molecular formula is C8H10N2O2S. The lowest BCUT2D eigenvalue weighted by Gasteiger charge is -2.27. The second-order valence-corrected chi connectivity index (χ2v) is 4.84. The lowest BCUT2D eigenvalue weighted by molar-refractivity contribution is 0.546. The van der Waals surface area contributed by atoms with Crippen molar-refractivity contribution in [2.75, 3.05) is 12.3 Å². The van der Waals surface area contributed by atoms with Gasteiger partial charge in [0.15, 0.2) is 0 Å². The van der Waals surface area contributed by atoms with E-state index in [0.717, 1.165) is 5.57 Å². The molecule has 2 heterocycles. The third-order valence-corrected chi connectivity index (χ3v) is 3.20. The topological polar surface area (TPSA) is 49.7 Å².